The maximum atomic E-state index is 5.65. The van der Waals surface area contributed by atoms with Gasteiger partial charge in [0, 0.05) is 25.6 Å². The van der Waals surface area contributed by atoms with Gasteiger partial charge in [0.2, 0.25) is 0 Å². The molecule has 4 aliphatic rings. The van der Waals surface area contributed by atoms with E-state index in [2.05, 4.69) is 4.90 Å². The van der Waals surface area contributed by atoms with Crippen LogP contribution in [0.1, 0.15) is 38.5 Å². The highest BCUT2D eigenvalue weighted by molar-refractivity contribution is 4.92. The molecule has 1 aliphatic carbocycles. The number of ether oxygens (including phenoxy) is 1. The van der Waals surface area contributed by atoms with Crippen LogP contribution in [-0.2, 0) is 4.74 Å². The molecule has 2 bridgehead atoms. The summed E-state index contributed by atoms with van der Waals surface area (Å²) in [5, 5.41) is 0. The number of hydrogen-bond donors (Lipinski definition) is 0. The summed E-state index contributed by atoms with van der Waals surface area (Å²) < 4.78 is 5.65. The van der Waals surface area contributed by atoms with Crippen LogP contribution in [0.3, 0.4) is 0 Å². The Morgan fingerprint density at radius 3 is 2.15 bits per heavy atom. The molecule has 2 atom stereocenters. The van der Waals surface area contributed by atoms with Gasteiger partial charge in [0.15, 0.2) is 0 Å². The molecular formula is C11H19NO. The molecule has 4 fully saturated rings. The summed E-state index contributed by atoms with van der Waals surface area (Å²) in [5.41, 5.74) is 0. The van der Waals surface area contributed by atoms with Gasteiger partial charge in [-0.15, -0.1) is 0 Å². The zero-order valence-corrected chi connectivity index (χ0v) is 8.24. The summed E-state index contributed by atoms with van der Waals surface area (Å²) in [4.78, 5) is 2.70. The number of piperidine rings is 1. The topological polar surface area (TPSA) is 12.5 Å². The summed E-state index contributed by atoms with van der Waals surface area (Å²) in [6.45, 7) is 2.45. The normalized spacial score (nSPS) is 41.5. The first-order valence-electron chi connectivity index (χ1n) is 5.81. The number of nitrogens with zero attached hydrogens (tertiary/aromatic N) is 1. The molecule has 4 rings (SSSR count). The van der Waals surface area contributed by atoms with E-state index in [0.717, 1.165) is 6.04 Å². The Morgan fingerprint density at radius 2 is 1.54 bits per heavy atom. The van der Waals surface area contributed by atoms with Crippen LogP contribution in [0, 0.1) is 0 Å². The second-order valence-corrected chi connectivity index (χ2v) is 4.86. The van der Waals surface area contributed by atoms with Crippen molar-refractivity contribution in [1.82, 2.24) is 4.90 Å². The van der Waals surface area contributed by atoms with Gasteiger partial charge in [-0.2, -0.15) is 0 Å². The second kappa shape index (κ2) is 3.25. The molecule has 2 heteroatoms. The molecule has 1 saturated carbocycles. The number of rotatable bonds is 1. The van der Waals surface area contributed by atoms with Crippen molar-refractivity contribution < 1.29 is 4.74 Å². The van der Waals surface area contributed by atoms with Gasteiger partial charge >= 0.3 is 0 Å². The average molecular weight is 181 g/mol. The van der Waals surface area contributed by atoms with Crippen molar-refractivity contribution >= 4 is 0 Å². The molecule has 74 valence electrons. The third kappa shape index (κ3) is 1.50. The van der Waals surface area contributed by atoms with Gasteiger partial charge in [0.05, 0.1) is 12.2 Å². The molecule has 3 saturated heterocycles. The van der Waals surface area contributed by atoms with Gasteiger partial charge < -0.3 is 4.74 Å². The lowest BCUT2D eigenvalue weighted by Gasteiger charge is -2.50. The predicted molar refractivity (Wildman–Crippen MR) is 51.7 cm³/mol. The maximum absolute atomic E-state index is 5.65. The van der Waals surface area contributed by atoms with Crippen LogP contribution >= 0.6 is 0 Å². The maximum Gasteiger partial charge on any atom is 0.0731 e. The SMILES string of the molecule is C1CCC(N2CC3CC(C2)O3)CC1. The van der Waals surface area contributed by atoms with E-state index >= 15 is 0 Å². The van der Waals surface area contributed by atoms with Crippen LogP contribution in [0.4, 0.5) is 0 Å². The highest BCUT2D eigenvalue weighted by Crippen LogP contribution is 2.32. The van der Waals surface area contributed by atoms with Crippen LogP contribution in [0.15, 0.2) is 0 Å². The minimum Gasteiger partial charge on any atom is -0.372 e. The lowest BCUT2D eigenvalue weighted by molar-refractivity contribution is -0.189. The molecule has 0 aromatic carbocycles. The van der Waals surface area contributed by atoms with E-state index in [0.29, 0.717) is 12.2 Å². The Balaban J connectivity index is 1.58. The molecule has 0 aromatic heterocycles. The van der Waals surface area contributed by atoms with Crippen molar-refractivity contribution in [2.24, 2.45) is 0 Å². The predicted octanol–water partition coefficient (Wildman–Crippen LogP) is 1.79. The Morgan fingerprint density at radius 1 is 0.923 bits per heavy atom. The summed E-state index contributed by atoms with van der Waals surface area (Å²) in [6.07, 6.45) is 9.80. The van der Waals surface area contributed by atoms with Gasteiger partial charge in [-0.25, -0.2) is 0 Å². The highest BCUT2D eigenvalue weighted by atomic mass is 16.5. The van der Waals surface area contributed by atoms with Crippen molar-refractivity contribution in [3.63, 3.8) is 0 Å². The summed E-state index contributed by atoms with van der Waals surface area (Å²) in [7, 11) is 0. The van der Waals surface area contributed by atoms with E-state index in [-0.39, 0.29) is 0 Å². The first kappa shape index (κ1) is 8.25. The molecule has 3 heterocycles. The summed E-state index contributed by atoms with van der Waals surface area (Å²) in [5.74, 6) is 0. The molecule has 3 aliphatic heterocycles. The van der Waals surface area contributed by atoms with Crippen molar-refractivity contribution in [3.8, 4) is 0 Å². The average Bonchev–Trinajstić information content (AvgIpc) is 2.18. The van der Waals surface area contributed by atoms with E-state index < -0.39 is 0 Å². The minimum absolute atomic E-state index is 0.598. The monoisotopic (exact) mass is 181 g/mol. The lowest BCUT2D eigenvalue weighted by atomic mass is 9.90. The zero-order chi connectivity index (χ0) is 8.67. The van der Waals surface area contributed by atoms with Crippen LogP contribution in [0.5, 0.6) is 0 Å². The lowest BCUT2D eigenvalue weighted by Crippen LogP contribution is -2.59. The molecule has 2 unspecified atom stereocenters. The fourth-order valence-corrected chi connectivity index (χ4v) is 3.13. The summed E-state index contributed by atoms with van der Waals surface area (Å²) >= 11 is 0. The van der Waals surface area contributed by atoms with Crippen molar-refractivity contribution in [3.05, 3.63) is 0 Å². The van der Waals surface area contributed by atoms with E-state index in [1.165, 1.54) is 51.6 Å². The van der Waals surface area contributed by atoms with Gasteiger partial charge in [0.1, 0.15) is 0 Å². The molecule has 0 aromatic rings. The first-order chi connectivity index (χ1) is 6.42. The third-order valence-electron chi connectivity index (χ3n) is 3.88. The molecule has 0 N–H and O–H groups in total. The fourth-order valence-electron chi connectivity index (χ4n) is 3.13. The third-order valence-corrected chi connectivity index (χ3v) is 3.88. The zero-order valence-electron chi connectivity index (χ0n) is 8.24. The standard InChI is InChI=1S/C11H19NO/c1-2-4-9(5-3-1)12-7-10-6-11(8-12)13-10/h9-11H,1-8H2. The first-order valence-corrected chi connectivity index (χ1v) is 5.81. The quantitative estimate of drug-likeness (QED) is 0.611. The minimum atomic E-state index is 0.598. The van der Waals surface area contributed by atoms with E-state index in [1.807, 2.05) is 0 Å². The summed E-state index contributed by atoms with van der Waals surface area (Å²) in [6, 6.07) is 0.906. The molecule has 13 heavy (non-hydrogen) atoms. The van der Waals surface area contributed by atoms with Crippen molar-refractivity contribution in [2.75, 3.05) is 13.1 Å². The number of morpholine rings is 1. The van der Waals surface area contributed by atoms with Crippen molar-refractivity contribution in [2.45, 2.75) is 56.8 Å². The van der Waals surface area contributed by atoms with Gasteiger partial charge in [-0.05, 0) is 12.8 Å². The van der Waals surface area contributed by atoms with E-state index in [9.17, 15) is 0 Å². The van der Waals surface area contributed by atoms with Crippen LogP contribution in [-0.4, -0.2) is 36.2 Å². The van der Waals surface area contributed by atoms with E-state index in [1.54, 1.807) is 0 Å². The Bertz CT molecular complexity index is 173. The van der Waals surface area contributed by atoms with Crippen LogP contribution < -0.4 is 0 Å². The smallest absolute Gasteiger partial charge is 0.0731 e. The van der Waals surface area contributed by atoms with Gasteiger partial charge in [-0.3, -0.25) is 4.90 Å². The molecule has 0 amide bonds. The molecule has 2 nitrogen and oxygen atoms in total. The number of fused-ring (bicyclic) bond motifs is 2. The van der Waals surface area contributed by atoms with E-state index in [4.69, 9.17) is 4.74 Å². The molecular weight excluding hydrogens is 162 g/mol. The van der Waals surface area contributed by atoms with Gasteiger partial charge in [0.25, 0.3) is 0 Å². The Kier molecular flexibility index (Phi) is 2.06. The highest BCUT2D eigenvalue weighted by Gasteiger charge is 2.40. The Labute approximate surface area is 80.2 Å². The number of hydrogen-bond acceptors (Lipinski definition) is 2. The van der Waals surface area contributed by atoms with Crippen molar-refractivity contribution in [1.29, 1.82) is 0 Å². The van der Waals surface area contributed by atoms with Gasteiger partial charge in [-0.1, -0.05) is 19.3 Å². The molecule has 0 spiro atoms. The largest absolute Gasteiger partial charge is 0.372 e. The second-order valence-electron chi connectivity index (χ2n) is 4.86. The Hall–Kier alpha value is -0.0800. The molecule has 0 radical (unpaired) electrons. The fraction of sp³-hybridized carbons (Fsp3) is 1.00. The van der Waals surface area contributed by atoms with Crippen LogP contribution in [0.2, 0.25) is 0 Å². The van der Waals surface area contributed by atoms with Crippen LogP contribution in [0.25, 0.3) is 0 Å².